The maximum atomic E-state index is 12.7. The van der Waals surface area contributed by atoms with Crippen molar-refractivity contribution in [2.45, 2.75) is 62.5 Å². The first-order valence-corrected chi connectivity index (χ1v) is 11.9. The van der Waals surface area contributed by atoms with Gasteiger partial charge in [0.1, 0.15) is 0 Å². The summed E-state index contributed by atoms with van der Waals surface area (Å²) in [6.45, 7) is 3.86. The summed E-state index contributed by atoms with van der Waals surface area (Å²) in [6, 6.07) is 8.26. The van der Waals surface area contributed by atoms with Crippen molar-refractivity contribution in [3.05, 3.63) is 45.6 Å². The van der Waals surface area contributed by atoms with Gasteiger partial charge in [-0.05, 0) is 51.0 Å². The van der Waals surface area contributed by atoms with Crippen molar-refractivity contribution in [2.24, 2.45) is 0 Å². The molecule has 0 atom stereocenters. The molecule has 1 aromatic heterocycles. The molecule has 5 nitrogen and oxygen atoms in total. The summed E-state index contributed by atoms with van der Waals surface area (Å²) in [5.74, 6) is -0.345. The Kier molecular flexibility index (Phi) is 6.35. The molecule has 1 aliphatic carbocycles. The molecule has 0 unspecified atom stereocenters. The zero-order valence-electron chi connectivity index (χ0n) is 16.2. The molecule has 1 heterocycles. The van der Waals surface area contributed by atoms with Gasteiger partial charge in [-0.1, -0.05) is 18.9 Å². The van der Waals surface area contributed by atoms with Crippen LogP contribution in [0.25, 0.3) is 0 Å². The molecule has 0 spiro atoms. The highest BCUT2D eigenvalue weighted by molar-refractivity contribution is 7.92. The van der Waals surface area contributed by atoms with Gasteiger partial charge in [0.15, 0.2) is 15.6 Å². The van der Waals surface area contributed by atoms with Gasteiger partial charge in [-0.2, -0.15) is 0 Å². The zero-order chi connectivity index (χ0) is 20.3. The molecule has 0 aliphatic heterocycles. The van der Waals surface area contributed by atoms with Gasteiger partial charge in [0.2, 0.25) is 5.91 Å². The minimum atomic E-state index is -3.37. The molecule has 1 aliphatic rings. The first-order valence-electron chi connectivity index (χ1n) is 9.51. The van der Waals surface area contributed by atoms with Crippen LogP contribution in [0.2, 0.25) is 0 Å². The number of carbonyl (C=O) groups excluding carboxylic acids is 2. The van der Waals surface area contributed by atoms with E-state index >= 15 is 0 Å². The second kappa shape index (κ2) is 8.57. The summed E-state index contributed by atoms with van der Waals surface area (Å²) in [6.07, 6.45) is 3.47. The van der Waals surface area contributed by atoms with Gasteiger partial charge >= 0.3 is 0 Å². The second-order valence-corrected chi connectivity index (χ2v) is 11.0. The Balaban J connectivity index is 1.61. The smallest absolute Gasteiger partial charge is 0.224 e. The molecule has 0 bridgehead atoms. The standard InChI is InChI=1S/C21H25NO4S2/c1-14-12-19(15(2)27-14)20(23)10-11-21(24)22-16-6-5-9-18(13-16)28(25,26)17-7-3-4-8-17/h5-6,9,12-13,17H,3-4,7-8,10-11H2,1-2H3,(H,22,24). The Morgan fingerprint density at radius 1 is 1.11 bits per heavy atom. The average molecular weight is 420 g/mol. The molecule has 1 fully saturated rings. The van der Waals surface area contributed by atoms with Gasteiger partial charge in [-0.25, -0.2) is 8.42 Å². The van der Waals surface area contributed by atoms with E-state index in [9.17, 15) is 18.0 Å². The number of ketones is 1. The number of hydrogen-bond donors (Lipinski definition) is 1. The Morgan fingerprint density at radius 3 is 2.46 bits per heavy atom. The van der Waals surface area contributed by atoms with Gasteiger partial charge in [0.05, 0.1) is 10.1 Å². The number of Topliss-reactive ketones (excluding diaryl/α,β-unsaturated/α-hetero) is 1. The minimum absolute atomic E-state index is 0.0467. The molecule has 1 saturated carbocycles. The molecule has 0 saturated heterocycles. The number of anilines is 1. The SMILES string of the molecule is Cc1cc(C(=O)CCC(=O)Nc2cccc(S(=O)(=O)C3CCCC3)c2)c(C)s1. The van der Waals surface area contributed by atoms with Crippen molar-refractivity contribution in [3.63, 3.8) is 0 Å². The number of aryl methyl sites for hydroxylation is 2. The lowest BCUT2D eigenvalue weighted by Gasteiger charge is -2.12. The van der Waals surface area contributed by atoms with Crippen LogP contribution in [0.4, 0.5) is 5.69 Å². The summed E-state index contributed by atoms with van der Waals surface area (Å²) in [4.78, 5) is 26.8. The van der Waals surface area contributed by atoms with Crippen molar-refractivity contribution in [1.29, 1.82) is 0 Å². The fourth-order valence-electron chi connectivity index (χ4n) is 3.63. The van der Waals surface area contributed by atoms with E-state index in [1.165, 1.54) is 6.07 Å². The van der Waals surface area contributed by atoms with Crippen LogP contribution in [0.3, 0.4) is 0 Å². The van der Waals surface area contributed by atoms with Crippen molar-refractivity contribution in [1.82, 2.24) is 0 Å². The topological polar surface area (TPSA) is 80.3 Å². The number of nitrogens with one attached hydrogen (secondary N) is 1. The van der Waals surface area contributed by atoms with Crippen LogP contribution in [0.15, 0.2) is 35.2 Å². The molecule has 3 rings (SSSR count). The van der Waals surface area contributed by atoms with Gasteiger partial charge in [0.25, 0.3) is 0 Å². The van der Waals surface area contributed by atoms with Crippen LogP contribution < -0.4 is 5.32 Å². The molecule has 1 aromatic carbocycles. The third kappa shape index (κ3) is 4.70. The number of rotatable bonds is 7. The lowest BCUT2D eigenvalue weighted by molar-refractivity contribution is -0.116. The number of sulfone groups is 1. The summed E-state index contributed by atoms with van der Waals surface area (Å²) in [7, 11) is -3.37. The Labute approximate surface area is 170 Å². The summed E-state index contributed by atoms with van der Waals surface area (Å²) >= 11 is 1.57. The predicted octanol–water partition coefficient (Wildman–Crippen LogP) is 4.68. The average Bonchev–Trinajstić information content (AvgIpc) is 3.30. The van der Waals surface area contributed by atoms with Gasteiger partial charge < -0.3 is 5.32 Å². The molecule has 7 heteroatoms. The Hall–Kier alpha value is -1.99. The number of carbonyl (C=O) groups is 2. The Bertz CT molecular complexity index is 986. The van der Waals surface area contributed by atoms with Gasteiger partial charge in [-0.15, -0.1) is 11.3 Å². The van der Waals surface area contributed by atoms with E-state index in [1.807, 2.05) is 19.9 Å². The fraction of sp³-hybridized carbons (Fsp3) is 0.429. The van der Waals surface area contributed by atoms with Crippen molar-refractivity contribution in [3.8, 4) is 0 Å². The van der Waals surface area contributed by atoms with Crippen LogP contribution in [0, 0.1) is 13.8 Å². The van der Waals surface area contributed by atoms with Crippen LogP contribution >= 0.6 is 11.3 Å². The molecule has 2 aromatic rings. The largest absolute Gasteiger partial charge is 0.326 e. The highest BCUT2D eigenvalue weighted by atomic mass is 32.2. The van der Waals surface area contributed by atoms with Crippen molar-refractivity contribution in [2.75, 3.05) is 5.32 Å². The normalized spacial score (nSPS) is 14.9. The van der Waals surface area contributed by atoms with E-state index in [0.29, 0.717) is 24.1 Å². The number of thiophene rings is 1. The highest BCUT2D eigenvalue weighted by Gasteiger charge is 2.30. The third-order valence-corrected chi connectivity index (χ3v) is 8.33. The lowest BCUT2D eigenvalue weighted by Crippen LogP contribution is -2.18. The number of amides is 1. The van der Waals surface area contributed by atoms with Crippen LogP contribution in [0.5, 0.6) is 0 Å². The summed E-state index contributed by atoms with van der Waals surface area (Å²) < 4.78 is 25.4. The zero-order valence-corrected chi connectivity index (χ0v) is 17.8. The first kappa shape index (κ1) is 20.7. The second-order valence-electron chi connectivity index (χ2n) is 7.28. The number of hydrogen-bond acceptors (Lipinski definition) is 5. The van der Waals surface area contributed by atoms with Gasteiger partial charge in [-0.3, -0.25) is 9.59 Å². The predicted molar refractivity (Wildman–Crippen MR) is 112 cm³/mol. The maximum Gasteiger partial charge on any atom is 0.224 e. The van der Waals surface area contributed by atoms with Crippen molar-refractivity contribution < 1.29 is 18.0 Å². The van der Waals surface area contributed by atoms with E-state index < -0.39 is 9.84 Å². The molecule has 150 valence electrons. The van der Waals surface area contributed by atoms with Gasteiger partial charge in [0, 0.05) is 33.8 Å². The molecule has 0 radical (unpaired) electrons. The molecule has 1 amide bonds. The first-order chi connectivity index (χ1) is 13.3. The van der Waals surface area contributed by atoms with Crippen LogP contribution in [-0.4, -0.2) is 25.4 Å². The van der Waals surface area contributed by atoms with E-state index in [2.05, 4.69) is 5.32 Å². The molecule has 28 heavy (non-hydrogen) atoms. The van der Waals surface area contributed by atoms with E-state index in [4.69, 9.17) is 0 Å². The quantitative estimate of drug-likeness (QED) is 0.661. The Morgan fingerprint density at radius 2 is 1.82 bits per heavy atom. The summed E-state index contributed by atoms with van der Waals surface area (Å²) in [5.41, 5.74) is 1.12. The van der Waals surface area contributed by atoms with Crippen LogP contribution in [0.1, 0.15) is 58.6 Å². The maximum absolute atomic E-state index is 12.7. The summed E-state index contributed by atoms with van der Waals surface area (Å²) in [5, 5.41) is 2.39. The molecular weight excluding hydrogens is 394 g/mol. The van der Waals surface area contributed by atoms with E-state index in [1.54, 1.807) is 29.5 Å². The van der Waals surface area contributed by atoms with Crippen molar-refractivity contribution >= 4 is 38.6 Å². The highest BCUT2D eigenvalue weighted by Crippen LogP contribution is 2.30. The van der Waals surface area contributed by atoms with E-state index in [-0.39, 0.29) is 34.7 Å². The minimum Gasteiger partial charge on any atom is -0.326 e. The third-order valence-electron chi connectivity index (χ3n) is 5.11. The molecule has 1 N–H and O–H groups in total. The number of benzene rings is 1. The molecular formula is C21H25NO4S2. The lowest BCUT2D eigenvalue weighted by atomic mass is 10.1. The fourth-order valence-corrected chi connectivity index (χ4v) is 6.48. The van der Waals surface area contributed by atoms with E-state index in [0.717, 1.165) is 22.6 Å². The monoisotopic (exact) mass is 419 g/mol. The van der Waals surface area contributed by atoms with Crippen LogP contribution in [-0.2, 0) is 14.6 Å².